The predicted octanol–water partition coefficient (Wildman–Crippen LogP) is 4.24. The van der Waals surface area contributed by atoms with Gasteiger partial charge in [0.15, 0.2) is 5.82 Å². The Balaban J connectivity index is 1.74. The van der Waals surface area contributed by atoms with E-state index in [4.69, 9.17) is 0 Å². The van der Waals surface area contributed by atoms with Crippen LogP contribution in [0.2, 0.25) is 0 Å². The first-order valence-corrected chi connectivity index (χ1v) is 9.21. The molecule has 4 aromatic rings. The maximum absolute atomic E-state index is 13.2. The third-order valence-electron chi connectivity index (χ3n) is 4.68. The summed E-state index contributed by atoms with van der Waals surface area (Å²) in [6, 6.07) is 21.9. The molecule has 0 atom stereocenters. The summed E-state index contributed by atoms with van der Waals surface area (Å²) >= 11 is 0. The molecular formula is C23H22N4O. The van der Waals surface area contributed by atoms with Crippen LogP contribution in [0.5, 0.6) is 0 Å². The van der Waals surface area contributed by atoms with Crippen LogP contribution in [0.4, 0.5) is 0 Å². The molecule has 0 aliphatic heterocycles. The second-order valence-corrected chi connectivity index (χ2v) is 6.87. The highest BCUT2D eigenvalue weighted by Crippen LogP contribution is 2.22. The molecule has 0 saturated carbocycles. The Morgan fingerprint density at radius 2 is 1.75 bits per heavy atom. The minimum atomic E-state index is -0.0635. The van der Waals surface area contributed by atoms with Gasteiger partial charge in [-0.2, -0.15) is 5.10 Å². The third-order valence-corrected chi connectivity index (χ3v) is 4.68. The monoisotopic (exact) mass is 370 g/mol. The molecular weight excluding hydrogens is 348 g/mol. The van der Waals surface area contributed by atoms with Gasteiger partial charge >= 0.3 is 0 Å². The lowest BCUT2D eigenvalue weighted by Crippen LogP contribution is -2.27. The van der Waals surface area contributed by atoms with Crippen LogP contribution in [0.15, 0.2) is 85.3 Å². The quantitative estimate of drug-likeness (QED) is 0.527. The minimum Gasteiger partial charge on any atom is -0.337 e. The third kappa shape index (κ3) is 3.47. The van der Waals surface area contributed by atoms with Gasteiger partial charge in [-0.05, 0) is 42.3 Å². The molecule has 0 fully saturated rings. The van der Waals surface area contributed by atoms with Gasteiger partial charge in [0.05, 0.1) is 11.9 Å². The predicted molar refractivity (Wildman–Crippen MR) is 110 cm³/mol. The van der Waals surface area contributed by atoms with Crippen molar-refractivity contribution in [1.82, 2.24) is 19.2 Å². The van der Waals surface area contributed by atoms with Crippen LogP contribution in [0, 0.1) is 6.92 Å². The molecule has 0 radical (unpaired) electrons. The van der Waals surface area contributed by atoms with Crippen molar-refractivity contribution in [2.24, 2.45) is 0 Å². The summed E-state index contributed by atoms with van der Waals surface area (Å²) in [4.78, 5) is 15.0. The van der Waals surface area contributed by atoms with Gasteiger partial charge in [0.25, 0.3) is 5.91 Å². The van der Waals surface area contributed by atoms with Gasteiger partial charge in [0.1, 0.15) is 5.56 Å². The number of amides is 1. The molecule has 5 nitrogen and oxygen atoms in total. The Morgan fingerprint density at radius 1 is 1.00 bits per heavy atom. The Hall–Kier alpha value is -3.60. The van der Waals surface area contributed by atoms with Crippen LogP contribution in [0.25, 0.3) is 11.5 Å². The summed E-state index contributed by atoms with van der Waals surface area (Å²) in [5.74, 6) is 0.673. The van der Waals surface area contributed by atoms with Gasteiger partial charge in [-0.25, -0.2) is 4.68 Å². The fraction of sp³-hybridized carbons (Fsp3) is 0.130. The number of carbonyl (C=O) groups excluding carboxylic acids is 1. The zero-order chi connectivity index (χ0) is 19.5. The average molecular weight is 370 g/mol. The number of benzene rings is 2. The molecule has 2 heterocycles. The molecule has 0 N–H and O–H groups in total. The maximum atomic E-state index is 13.2. The molecule has 4 rings (SSSR count). The van der Waals surface area contributed by atoms with E-state index in [9.17, 15) is 4.79 Å². The normalized spacial score (nSPS) is 10.8. The Bertz CT molecular complexity index is 1080. The van der Waals surface area contributed by atoms with Gasteiger partial charge in [0, 0.05) is 26.0 Å². The lowest BCUT2D eigenvalue weighted by molar-refractivity contribution is 0.0785. The number of hydrogen-bond donors (Lipinski definition) is 0. The lowest BCUT2D eigenvalue weighted by atomic mass is 10.2. The van der Waals surface area contributed by atoms with Crippen molar-refractivity contribution in [3.63, 3.8) is 0 Å². The highest BCUT2D eigenvalue weighted by Gasteiger charge is 2.22. The van der Waals surface area contributed by atoms with Gasteiger partial charge in [-0.1, -0.05) is 42.5 Å². The van der Waals surface area contributed by atoms with Crippen molar-refractivity contribution < 1.29 is 4.79 Å². The van der Waals surface area contributed by atoms with Crippen molar-refractivity contribution >= 4 is 5.91 Å². The highest BCUT2D eigenvalue weighted by molar-refractivity contribution is 5.97. The van der Waals surface area contributed by atoms with Crippen molar-refractivity contribution in [3.8, 4) is 11.5 Å². The van der Waals surface area contributed by atoms with Gasteiger partial charge < -0.3 is 9.47 Å². The van der Waals surface area contributed by atoms with Crippen molar-refractivity contribution in [3.05, 3.63) is 102 Å². The molecule has 5 heteroatoms. The van der Waals surface area contributed by atoms with E-state index >= 15 is 0 Å². The molecule has 140 valence electrons. The second-order valence-electron chi connectivity index (χ2n) is 6.87. The van der Waals surface area contributed by atoms with Crippen molar-refractivity contribution in [1.29, 1.82) is 0 Å². The van der Waals surface area contributed by atoms with E-state index in [1.54, 1.807) is 11.1 Å². The topological polar surface area (TPSA) is 43.1 Å². The second kappa shape index (κ2) is 7.56. The van der Waals surface area contributed by atoms with Crippen LogP contribution in [-0.4, -0.2) is 32.2 Å². The fourth-order valence-electron chi connectivity index (χ4n) is 3.30. The molecule has 1 amide bonds. The molecule has 0 bridgehead atoms. The Morgan fingerprint density at radius 3 is 2.46 bits per heavy atom. The van der Waals surface area contributed by atoms with Crippen LogP contribution in [0.3, 0.4) is 0 Å². The number of nitrogens with zero attached hydrogens (tertiary/aromatic N) is 4. The number of carbonyl (C=O) groups is 1. The first-order valence-electron chi connectivity index (χ1n) is 9.21. The van der Waals surface area contributed by atoms with E-state index in [-0.39, 0.29) is 5.91 Å². The van der Waals surface area contributed by atoms with E-state index in [1.165, 1.54) is 0 Å². The first-order chi connectivity index (χ1) is 13.6. The largest absolute Gasteiger partial charge is 0.337 e. The number of aryl methyl sites for hydroxylation is 1. The Kier molecular flexibility index (Phi) is 4.81. The van der Waals surface area contributed by atoms with E-state index in [2.05, 4.69) is 11.2 Å². The summed E-state index contributed by atoms with van der Waals surface area (Å²) in [7, 11) is 1.82. The molecule has 28 heavy (non-hydrogen) atoms. The first kappa shape index (κ1) is 17.8. The molecule has 0 spiro atoms. The van der Waals surface area contributed by atoms with Crippen LogP contribution in [-0.2, 0) is 6.54 Å². The maximum Gasteiger partial charge on any atom is 0.259 e. The highest BCUT2D eigenvalue weighted by atomic mass is 16.2. The summed E-state index contributed by atoms with van der Waals surface area (Å²) in [5.41, 5.74) is 3.72. The molecule has 0 unspecified atom stereocenters. The van der Waals surface area contributed by atoms with Crippen LogP contribution >= 0.6 is 0 Å². The number of rotatable bonds is 5. The zero-order valence-electron chi connectivity index (χ0n) is 16.0. The summed E-state index contributed by atoms with van der Waals surface area (Å²) in [5, 5.41) is 4.54. The zero-order valence-corrected chi connectivity index (χ0v) is 16.0. The number of hydrogen-bond acceptors (Lipinski definition) is 2. The van der Waals surface area contributed by atoms with E-state index in [1.807, 2.05) is 96.3 Å². The van der Waals surface area contributed by atoms with E-state index in [0.717, 1.165) is 22.6 Å². The van der Waals surface area contributed by atoms with Crippen molar-refractivity contribution in [2.75, 3.05) is 7.05 Å². The van der Waals surface area contributed by atoms with Crippen LogP contribution < -0.4 is 0 Å². The van der Waals surface area contributed by atoms with Gasteiger partial charge in [0.2, 0.25) is 0 Å². The van der Waals surface area contributed by atoms with Crippen molar-refractivity contribution in [2.45, 2.75) is 13.5 Å². The summed E-state index contributed by atoms with van der Waals surface area (Å²) in [6.45, 7) is 2.59. The summed E-state index contributed by atoms with van der Waals surface area (Å²) < 4.78 is 3.75. The summed E-state index contributed by atoms with van der Waals surface area (Å²) in [6.07, 6.45) is 5.51. The average Bonchev–Trinajstić information content (AvgIpc) is 3.37. The van der Waals surface area contributed by atoms with Gasteiger partial charge in [-0.15, -0.1) is 0 Å². The SMILES string of the molecule is Cc1cccc(-n2ncc(C(=O)N(C)Cc3ccccc3)c2-n2cccc2)c1. The smallest absolute Gasteiger partial charge is 0.259 e. The molecule has 0 saturated heterocycles. The molecule has 2 aromatic heterocycles. The molecule has 0 aliphatic rings. The molecule has 2 aromatic carbocycles. The minimum absolute atomic E-state index is 0.0635. The standard InChI is InChI=1S/C23H22N4O/c1-18-9-8-12-20(15-18)27-22(26-13-6-7-14-26)21(16-24-27)23(28)25(2)17-19-10-4-3-5-11-19/h3-16H,17H2,1-2H3. The fourth-order valence-corrected chi connectivity index (χ4v) is 3.30. The van der Waals surface area contributed by atoms with E-state index in [0.29, 0.717) is 12.1 Å². The van der Waals surface area contributed by atoms with Crippen LogP contribution in [0.1, 0.15) is 21.5 Å². The van der Waals surface area contributed by atoms with Gasteiger partial charge in [-0.3, -0.25) is 4.79 Å². The Labute approximate surface area is 164 Å². The number of aromatic nitrogens is 3. The lowest BCUT2D eigenvalue weighted by Gasteiger charge is -2.18. The van der Waals surface area contributed by atoms with E-state index < -0.39 is 0 Å². The molecule has 0 aliphatic carbocycles.